The molecule has 404 valence electrons. The van der Waals surface area contributed by atoms with Crippen molar-refractivity contribution in [2.24, 2.45) is 0 Å². The Morgan fingerprint density at radius 3 is 1.23 bits per heavy atom. The normalized spacial score (nSPS) is 18.6. The third-order valence-electron chi connectivity index (χ3n) is 11.4. The van der Waals surface area contributed by atoms with Crippen LogP contribution in [0.1, 0.15) is 40.0 Å². The molecule has 0 aliphatic carbocycles. The van der Waals surface area contributed by atoms with Crippen molar-refractivity contribution in [2.45, 2.75) is 93.7 Å². The van der Waals surface area contributed by atoms with Crippen LogP contribution in [0, 0.1) is 0 Å². The van der Waals surface area contributed by atoms with Crippen molar-refractivity contribution < 1.29 is 99.1 Å². The van der Waals surface area contributed by atoms with E-state index in [4.69, 9.17) is 28.4 Å². The van der Waals surface area contributed by atoms with Crippen molar-refractivity contribution in [1.29, 1.82) is 0 Å². The van der Waals surface area contributed by atoms with Gasteiger partial charge in [0, 0.05) is 73.2 Å². The number of halogens is 6. The average molecular weight is 1120 g/mol. The number of anilines is 2. The van der Waals surface area contributed by atoms with Gasteiger partial charge in [-0.2, -0.15) is 43.2 Å². The van der Waals surface area contributed by atoms with E-state index in [1.165, 1.54) is 38.5 Å². The zero-order chi connectivity index (χ0) is 54.2. The molecule has 4 heterocycles. The minimum atomic E-state index is -6.13. The molecule has 4 amide bonds. The maximum Gasteiger partial charge on any atom is 0.534 e. The van der Waals surface area contributed by atoms with E-state index in [0.29, 0.717) is 12.1 Å². The second-order valence-corrected chi connectivity index (χ2v) is 33.7. The van der Waals surface area contributed by atoms with E-state index >= 15 is 0 Å². The van der Waals surface area contributed by atoms with Crippen molar-refractivity contribution in [2.75, 3.05) is 63.9 Å². The standard InChI is InChI=1S/C43H54F6N4O16S2Si2/c1-62-34-18-28-30(52(24-64-12-14-72(3,4)5)40(56)32-16-26(22-50(32)38(28)54)68-70(58,59)42(44,45)46)20-36(34)66-10-9-11-67-37-21-31-29(19-35(37)63-2)39(55)51-23-27(69-71(60,61)43(47,48)49)17-33(51)41(57)53(31)25-65-13-15-73(6,7)8/h18-23,32-33H,9-17,24-25H2,1-8H3/t32-,33-/m0/s1. The lowest BCUT2D eigenvalue weighted by Crippen LogP contribution is -2.45. The average Bonchev–Trinajstić information content (AvgIpc) is 3.87. The Balaban J connectivity index is 1.24. The Labute approximate surface area is 418 Å². The molecule has 6 rings (SSSR count). The molecule has 20 nitrogen and oxygen atoms in total. The largest absolute Gasteiger partial charge is 0.534 e. The van der Waals surface area contributed by atoms with E-state index in [2.05, 4.69) is 47.6 Å². The van der Waals surface area contributed by atoms with Crippen LogP contribution >= 0.6 is 0 Å². The Morgan fingerprint density at radius 1 is 0.562 bits per heavy atom. The monoisotopic (exact) mass is 1120 g/mol. The second kappa shape index (κ2) is 21.3. The van der Waals surface area contributed by atoms with Gasteiger partial charge < -0.3 is 36.8 Å². The molecule has 30 heteroatoms. The van der Waals surface area contributed by atoms with Crippen LogP contribution in [-0.4, -0.2) is 144 Å². The number of carbonyl (C=O) groups is 4. The van der Waals surface area contributed by atoms with Gasteiger partial charge in [-0.3, -0.25) is 38.8 Å². The van der Waals surface area contributed by atoms with Gasteiger partial charge >= 0.3 is 31.3 Å². The molecule has 0 N–H and O–H groups in total. The summed E-state index contributed by atoms with van der Waals surface area (Å²) >= 11 is 0. The first-order valence-corrected chi connectivity index (χ1v) is 32.6. The fourth-order valence-corrected chi connectivity index (χ4v) is 10.0. The third kappa shape index (κ3) is 12.9. The lowest BCUT2D eigenvalue weighted by Gasteiger charge is -2.26. The molecule has 4 aliphatic rings. The summed E-state index contributed by atoms with van der Waals surface area (Å²) in [6, 6.07) is 3.52. The van der Waals surface area contributed by atoms with Crippen molar-refractivity contribution in [3.63, 3.8) is 0 Å². The minimum absolute atomic E-state index is 0.0114. The Bertz CT molecular complexity index is 2600. The Morgan fingerprint density at radius 2 is 0.918 bits per heavy atom. The minimum Gasteiger partial charge on any atom is -0.493 e. The number of hydrogen-bond acceptors (Lipinski definition) is 16. The topological polar surface area (TPSA) is 223 Å². The number of carbonyl (C=O) groups excluding carboxylic acids is 4. The number of methoxy groups -OCH3 is 2. The van der Waals surface area contributed by atoms with Gasteiger partial charge in [-0.1, -0.05) is 39.3 Å². The molecule has 4 aliphatic heterocycles. The van der Waals surface area contributed by atoms with E-state index in [9.17, 15) is 62.4 Å². The van der Waals surface area contributed by atoms with Gasteiger partial charge in [0.1, 0.15) is 37.1 Å². The fraction of sp³-hybridized carbons (Fsp3) is 0.535. The number of nitrogens with zero attached hydrogens (tertiary/aromatic N) is 4. The molecule has 0 unspecified atom stereocenters. The second-order valence-electron chi connectivity index (χ2n) is 19.3. The predicted octanol–water partition coefficient (Wildman–Crippen LogP) is 6.71. The maximum absolute atomic E-state index is 14.2. The fourth-order valence-electron chi connectivity index (χ4n) is 7.54. The zero-order valence-electron chi connectivity index (χ0n) is 40.8. The number of ether oxygens (including phenoxy) is 6. The first-order chi connectivity index (χ1) is 33.8. The summed E-state index contributed by atoms with van der Waals surface area (Å²) < 4.78 is 170. The summed E-state index contributed by atoms with van der Waals surface area (Å²) in [6.45, 7) is 12.0. The number of rotatable bonds is 22. The van der Waals surface area contributed by atoms with Gasteiger partial charge in [0.25, 0.3) is 23.6 Å². The van der Waals surface area contributed by atoms with Crippen LogP contribution in [0.3, 0.4) is 0 Å². The van der Waals surface area contributed by atoms with Crippen molar-refractivity contribution in [3.05, 3.63) is 59.3 Å². The number of fused-ring (bicyclic) bond motifs is 4. The molecule has 0 saturated heterocycles. The molecular weight excluding hydrogens is 1060 g/mol. The van der Waals surface area contributed by atoms with E-state index in [-0.39, 0.29) is 78.3 Å². The summed E-state index contributed by atoms with van der Waals surface area (Å²) in [5, 5.41) is 0. The molecular formula is C43H54F6N4O16S2Si2. The highest BCUT2D eigenvalue weighted by Crippen LogP contribution is 2.44. The lowest BCUT2D eigenvalue weighted by atomic mass is 10.1. The molecule has 2 aromatic carbocycles. The highest BCUT2D eigenvalue weighted by Gasteiger charge is 2.53. The summed E-state index contributed by atoms with van der Waals surface area (Å²) in [4.78, 5) is 60.2. The number of amides is 4. The number of hydrogen-bond donors (Lipinski definition) is 0. The molecule has 0 saturated carbocycles. The van der Waals surface area contributed by atoms with Gasteiger partial charge in [0.05, 0.1) is 49.9 Å². The van der Waals surface area contributed by atoms with Gasteiger partial charge in [0.2, 0.25) is 0 Å². The van der Waals surface area contributed by atoms with Crippen LogP contribution in [0.15, 0.2) is 48.2 Å². The first kappa shape index (κ1) is 56.7. The molecule has 0 radical (unpaired) electrons. The van der Waals surface area contributed by atoms with Gasteiger partial charge in [-0.25, -0.2) is 0 Å². The SMILES string of the molecule is COc1cc2c(cc1OCCCOc1cc3c(cc1OC)C(=O)N1C=C(OS(=O)(=O)C(F)(F)F)C[C@H]1C(=O)N3COCC[Si](C)(C)C)N(COCC[Si](C)(C)C)C(=O)[C@@H]1CC(OS(=O)(=O)C(F)(F)F)=CN1C2=O. The summed E-state index contributed by atoms with van der Waals surface area (Å²) in [6.07, 6.45) is 0.166. The Hall–Kier alpha value is -5.57. The highest BCUT2D eigenvalue weighted by atomic mass is 32.2. The highest BCUT2D eigenvalue weighted by molar-refractivity contribution is 7.88. The van der Waals surface area contributed by atoms with E-state index in [1.807, 2.05) is 0 Å². The number of alkyl halides is 6. The van der Waals surface area contributed by atoms with E-state index in [1.54, 1.807) is 0 Å². The third-order valence-corrected chi connectivity index (χ3v) is 16.9. The van der Waals surface area contributed by atoms with Gasteiger partial charge in [-0.05, 0) is 24.2 Å². The molecule has 2 aromatic rings. The quantitative estimate of drug-likeness (QED) is 0.0393. The molecule has 0 fully saturated rings. The van der Waals surface area contributed by atoms with Crippen molar-refractivity contribution in [3.8, 4) is 23.0 Å². The van der Waals surface area contributed by atoms with E-state index < -0.39 is 121 Å². The van der Waals surface area contributed by atoms with Crippen LogP contribution in [0.5, 0.6) is 23.0 Å². The van der Waals surface area contributed by atoms with Crippen LogP contribution in [0.4, 0.5) is 37.7 Å². The smallest absolute Gasteiger partial charge is 0.493 e. The summed E-state index contributed by atoms with van der Waals surface area (Å²) in [5.41, 5.74) is -11.9. The molecule has 0 bridgehead atoms. The van der Waals surface area contributed by atoms with Crippen molar-refractivity contribution in [1.82, 2.24) is 9.80 Å². The van der Waals surface area contributed by atoms with Crippen LogP contribution in [-0.2, 0) is 47.7 Å². The summed E-state index contributed by atoms with van der Waals surface area (Å²) in [5.74, 6) is -4.99. The molecule has 73 heavy (non-hydrogen) atoms. The lowest BCUT2D eigenvalue weighted by molar-refractivity contribution is -0.123. The van der Waals surface area contributed by atoms with E-state index in [0.717, 1.165) is 32.0 Å². The van der Waals surface area contributed by atoms with Crippen LogP contribution in [0.25, 0.3) is 0 Å². The zero-order valence-corrected chi connectivity index (χ0v) is 44.4. The predicted molar refractivity (Wildman–Crippen MR) is 252 cm³/mol. The molecule has 2 atom stereocenters. The molecule has 0 aromatic heterocycles. The maximum atomic E-state index is 14.2. The van der Waals surface area contributed by atoms with Crippen LogP contribution in [0.2, 0.25) is 51.4 Å². The van der Waals surface area contributed by atoms with Crippen LogP contribution < -0.4 is 28.7 Å². The van der Waals surface area contributed by atoms with Crippen molar-refractivity contribution >= 4 is 71.4 Å². The summed E-state index contributed by atoms with van der Waals surface area (Å²) in [7, 11) is -13.0. The first-order valence-electron chi connectivity index (χ1n) is 22.3. The Kier molecular flexibility index (Phi) is 16.6. The number of benzene rings is 2. The van der Waals surface area contributed by atoms with Gasteiger partial charge in [-0.15, -0.1) is 0 Å². The van der Waals surface area contributed by atoms with Gasteiger partial charge in [0.15, 0.2) is 23.0 Å². The molecule has 0 spiro atoms.